The maximum Gasteiger partial charge on any atom is 0.335 e. The summed E-state index contributed by atoms with van der Waals surface area (Å²) in [5.74, 6) is -1.03. The van der Waals surface area contributed by atoms with E-state index in [4.69, 9.17) is 0 Å². The molecule has 1 unspecified atom stereocenters. The number of hydrogen-bond donors (Lipinski definition) is 1. The van der Waals surface area contributed by atoms with Crippen molar-refractivity contribution in [1.82, 2.24) is 0 Å². The van der Waals surface area contributed by atoms with Crippen LogP contribution in [0.2, 0.25) is 0 Å². The molecule has 0 heterocycles. The SMILES string of the molecule is COC(=O)C(O)C(C)(C)c1ccc(F)cc1C. The zero-order valence-electron chi connectivity index (χ0n) is 10.5. The first kappa shape index (κ1) is 13.6. The molecule has 0 aromatic heterocycles. The molecule has 0 aliphatic carbocycles. The topological polar surface area (TPSA) is 46.5 Å². The Bertz CT molecular complexity index is 427. The number of esters is 1. The standard InChI is InChI=1S/C13H17FO3/c1-8-7-9(14)5-6-10(8)13(2,3)11(15)12(16)17-4/h5-7,11,15H,1-4H3. The normalized spacial score (nSPS) is 13.3. The highest BCUT2D eigenvalue weighted by molar-refractivity contribution is 5.76. The number of methoxy groups -OCH3 is 1. The van der Waals surface area contributed by atoms with Gasteiger partial charge in [-0.3, -0.25) is 0 Å². The highest BCUT2D eigenvalue weighted by Gasteiger charge is 2.36. The molecule has 0 amide bonds. The average molecular weight is 240 g/mol. The second-order valence-corrected chi connectivity index (χ2v) is 4.61. The van der Waals surface area contributed by atoms with E-state index in [0.29, 0.717) is 5.56 Å². The van der Waals surface area contributed by atoms with Gasteiger partial charge in [-0.2, -0.15) is 0 Å². The predicted octanol–water partition coefficient (Wildman–Crippen LogP) is 1.95. The molecule has 3 nitrogen and oxygen atoms in total. The first-order valence-electron chi connectivity index (χ1n) is 5.33. The van der Waals surface area contributed by atoms with Crippen LogP contribution in [0.25, 0.3) is 0 Å². The number of benzene rings is 1. The van der Waals surface area contributed by atoms with Gasteiger partial charge in [-0.15, -0.1) is 0 Å². The van der Waals surface area contributed by atoms with E-state index in [1.165, 1.54) is 19.2 Å². The minimum Gasteiger partial charge on any atom is -0.467 e. The van der Waals surface area contributed by atoms with Gasteiger partial charge in [-0.1, -0.05) is 19.9 Å². The van der Waals surface area contributed by atoms with Crippen LogP contribution in [-0.2, 0) is 14.9 Å². The molecule has 0 radical (unpaired) electrons. The summed E-state index contributed by atoms with van der Waals surface area (Å²) < 4.78 is 17.5. The second kappa shape index (κ2) is 4.84. The van der Waals surface area contributed by atoms with E-state index >= 15 is 0 Å². The first-order valence-corrected chi connectivity index (χ1v) is 5.33. The summed E-state index contributed by atoms with van der Waals surface area (Å²) in [5.41, 5.74) is 0.583. The van der Waals surface area contributed by atoms with Gasteiger partial charge in [-0.05, 0) is 30.2 Å². The van der Waals surface area contributed by atoms with E-state index in [2.05, 4.69) is 4.74 Å². The van der Waals surface area contributed by atoms with E-state index in [1.54, 1.807) is 26.8 Å². The summed E-state index contributed by atoms with van der Waals surface area (Å²) in [6.45, 7) is 5.17. The van der Waals surface area contributed by atoms with Crippen LogP contribution in [0, 0.1) is 12.7 Å². The molecule has 0 saturated carbocycles. The van der Waals surface area contributed by atoms with E-state index in [1.807, 2.05) is 0 Å². The van der Waals surface area contributed by atoms with Gasteiger partial charge < -0.3 is 9.84 Å². The molecule has 1 atom stereocenters. The Kier molecular flexibility index (Phi) is 3.88. The van der Waals surface area contributed by atoms with Crippen molar-refractivity contribution in [3.05, 3.63) is 35.1 Å². The highest BCUT2D eigenvalue weighted by Crippen LogP contribution is 2.30. The molecule has 0 fully saturated rings. The van der Waals surface area contributed by atoms with Crippen LogP contribution in [0.3, 0.4) is 0 Å². The van der Waals surface area contributed by atoms with Gasteiger partial charge >= 0.3 is 5.97 Å². The van der Waals surface area contributed by atoms with Gasteiger partial charge in [-0.25, -0.2) is 9.18 Å². The maximum absolute atomic E-state index is 13.0. The smallest absolute Gasteiger partial charge is 0.335 e. The van der Waals surface area contributed by atoms with Crippen molar-refractivity contribution in [2.24, 2.45) is 0 Å². The molecule has 1 rings (SSSR count). The number of aliphatic hydroxyl groups is 1. The second-order valence-electron chi connectivity index (χ2n) is 4.61. The van der Waals surface area contributed by atoms with Crippen molar-refractivity contribution in [3.63, 3.8) is 0 Å². The molecule has 94 valence electrons. The van der Waals surface area contributed by atoms with Crippen molar-refractivity contribution in [1.29, 1.82) is 0 Å². The third kappa shape index (κ3) is 2.64. The van der Waals surface area contributed by atoms with Gasteiger partial charge in [0.2, 0.25) is 0 Å². The van der Waals surface area contributed by atoms with E-state index in [9.17, 15) is 14.3 Å². The summed E-state index contributed by atoms with van der Waals surface area (Å²) in [5, 5.41) is 9.92. The van der Waals surface area contributed by atoms with Crippen LogP contribution in [0.15, 0.2) is 18.2 Å². The number of ether oxygens (including phenoxy) is 1. The molecule has 1 N–H and O–H groups in total. The van der Waals surface area contributed by atoms with Crippen LogP contribution in [0.4, 0.5) is 4.39 Å². The molecule has 0 aliphatic rings. The predicted molar refractivity (Wildman–Crippen MR) is 62.2 cm³/mol. The number of aryl methyl sites for hydroxylation is 1. The lowest BCUT2D eigenvalue weighted by molar-refractivity contribution is -0.153. The molecule has 0 bridgehead atoms. The monoisotopic (exact) mass is 240 g/mol. The van der Waals surface area contributed by atoms with Crippen LogP contribution < -0.4 is 0 Å². The number of hydrogen-bond acceptors (Lipinski definition) is 3. The van der Waals surface area contributed by atoms with Crippen molar-refractivity contribution in [3.8, 4) is 0 Å². The Balaban J connectivity index is 3.16. The third-order valence-corrected chi connectivity index (χ3v) is 2.99. The average Bonchev–Trinajstić information content (AvgIpc) is 2.26. The Labute approximate surface area is 100 Å². The number of carbonyl (C=O) groups excluding carboxylic acids is 1. The summed E-state index contributed by atoms with van der Waals surface area (Å²) >= 11 is 0. The number of halogens is 1. The van der Waals surface area contributed by atoms with E-state index in [-0.39, 0.29) is 5.82 Å². The molecule has 0 saturated heterocycles. The Morgan fingerprint density at radius 2 is 2.06 bits per heavy atom. The van der Waals surface area contributed by atoms with Gasteiger partial charge in [0, 0.05) is 5.41 Å². The number of carbonyl (C=O) groups is 1. The van der Waals surface area contributed by atoms with Crippen molar-refractivity contribution < 1.29 is 19.0 Å². The van der Waals surface area contributed by atoms with Crippen LogP contribution >= 0.6 is 0 Å². The van der Waals surface area contributed by atoms with Crippen LogP contribution in [0.5, 0.6) is 0 Å². The molecule has 0 aliphatic heterocycles. The van der Waals surface area contributed by atoms with Crippen molar-refractivity contribution >= 4 is 5.97 Å². The van der Waals surface area contributed by atoms with Crippen LogP contribution in [0.1, 0.15) is 25.0 Å². The molecular formula is C13H17FO3. The maximum atomic E-state index is 13.0. The molecule has 1 aromatic rings. The minimum absolute atomic E-state index is 0.338. The fraction of sp³-hybridized carbons (Fsp3) is 0.462. The lowest BCUT2D eigenvalue weighted by Gasteiger charge is -2.30. The summed E-state index contributed by atoms with van der Waals surface area (Å²) in [6.07, 6.45) is -1.28. The Hall–Kier alpha value is -1.42. The number of rotatable bonds is 3. The summed E-state index contributed by atoms with van der Waals surface area (Å²) in [4.78, 5) is 11.4. The van der Waals surface area contributed by atoms with Gasteiger partial charge in [0.15, 0.2) is 6.10 Å². The molecule has 17 heavy (non-hydrogen) atoms. The van der Waals surface area contributed by atoms with Crippen molar-refractivity contribution in [2.45, 2.75) is 32.3 Å². The zero-order valence-corrected chi connectivity index (χ0v) is 10.5. The quantitative estimate of drug-likeness (QED) is 0.821. The Morgan fingerprint density at radius 3 is 2.53 bits per heavy atom. The Morgan fingerprint density at radius 1 is 1.47 bits per heavy atom. The van der Waals surface area contributed by atoms with E-state index in [0.717, 1.165) is 5.56 Å². The molecule has 1 aromatic carbocycles. The summed E-state index contributed by atoms with van der Waals surface area (Å²) in [6, 6.07) is 4.27. The lowest BCUT2D eigenvalue weighted by atomic mass is 9.77. The van der Waals surface area contributed by atoms with Gasteiger partial charge in [0.25, 0.3) is 0 Å². The summed E-state index contributed by atoms with van der Waals surface area (Å²) in [7, 11) is 1.22. The van der Waals surface area contributed by atoms with Crippen molar-refractivity contribution in [2.75, 3.05) is 7.11 Å². The van der Waals surface area contributed by atoms with E-state index < -0.39 is 17.5 Å². The zero-order chi connectivity index (χ0) is 13.2. The highest BCUT2D eigenvalue weighted by atomic mass is 19.1. The van der Waals surface area contributed by atoms with Gasteiger partial charge in [0.1, 0.15) is 5.82 Å². The minimum atomic E-state index is -1.28. The molecule has 0 spiro atoms. The molecular weight excluding hydrogens is 223 g/mol. The fourth-order valence-corrected chi connectivity index (χ4v) is 1.90. The van der Waals surface area contributed by atoms with Gasteiger partial charge in [0.05, 0.1) is 7.11 Å². The van der Waals surface area contributed by atoms with Crippen LogP contribution in [-0.4, -0.2) is 24.3 Å². The fourth-order valence-electron chi connectivity index (χ4n) is 1.90. The first-order chi connectivity index (χ1) is 7.80. The molecule has 4 heteroatoms. The largest absolute Gasteiger partial charge is 0.467 e. The number of aliphatic hydroxyl groups excluding tert-OH is 1. The lowest BCUT2D eigenvalue weighted by Crippen LogP contribution is -2.41. The third-order valence-electron chi connectivity index (χ3n) is 2.99.